The minimum absolute atomic E-state index is 0.223. The molecule has 5 heteroatoms. The zero-order valence-electron chi connectivity index (χ0n) is 13.7. The molecule has 0 radical (unpaired) electrons. The summed E-state index contributed by atoms with van der Waals surface area (Å²) in [5.41, 5.74) is 5.03. The first-order valence-corrected chi connectivity index (χ1v) is 8.06. The first-order chi connectivity index (χ1) is 11.7. The summed E-state index contributed by atoms with van der Waals surface area (Å²) in [4.78, 5) is 4.77. The molecule has 4 rings (SSSR count). The summed E-state index contributed by atoms with van der Waals surface area (Å²) in [6, 6.07) is 13.8. The molecule has 1 aliphatic rings. The van der Waals surface area contributed by atoms with Gasteiger partial charge in [-0.05, 0) is 37.1 Å². The van der Waals surface area contributed by atoms with Gasteiger partial charge in [0.15, 0.2) is 5.82 Å². The Balaban J connectivity index is 1.93. The first kappa shape index (κ1) is 14.6. The summed E-state index contributed by atoms with van der Waals surface area (Å²) in [7, 11) is 0. The number of rotatable bonds is 2. The van der Waals surface area contributed by atoms with Gasteiger partial charge >= 0.3 is 0 Å². The highest BCUT2D eigenvalue weighted by Crippen LogP contribution is 2.28. The Bertz CT molecular complexity index is 939. The van der Waals surface area contributed by atoms with E-state index in [0.717, 1.165) is 40.6 Å². The van der Waals surface area contributed by atoms with E-state index in [1.807, 2.05) is 17.6 Å². The van der Waals surface area contributed by atoms with Crippen molar-refractivity contribution in [1.29, 1.82) is 0 Å². The number of phenols is 1. The molecular weight excluding hydrogens is 300 g/mol. The summed E-state index contributed by atoms with van der Waals surface area (Å²) in [6.45, 7) is 4.52. The number of nitrogens with zero attached hydrogens (tertiary/aromatic N) is 4. The van der Waals surface area contributed by atoms with E-state index in [-0.39, 0.29) is 5.75 Å². The third kappa shape index (κ3) is 2.29. The summed E-state index contributed by atoms with van der Waals surface area (Å²) < 4.78 is 2.01. The van der Waals surface area contributed by atoms with Crippen molar-refractivity contribution in [3.8, 4) is 11.4 Å². The van der Waals surface area contributed by atoms with Gasteiger partial charge in [0.1, 0.15) is 18.1 Å². The molecule has 120 valence electrons. The monoisotopic (exact) mass is 318 g/mol. The standard InChI is InChI=1S/C19H18N4O/c1-3-13-4-6-14(7-5-13)19-16-10-15(24)8-9-17(16)23-12(2)21-22-18(23)11-20-19/h4-10,24H,3,11H2,1-2H3. The first-order valence-electron chi connectivity index (χ1n) is 8.06. The van der Waals surface area contributed by atoms with Crippen LogP contribution in [-0.2, 0) is 13.0 Å². The van der Waals surface area contributed by atoms with Crippen LogP contribution in [0.2, 0.25) is 0 Å². The molecule has 0 saturated carbocycles. The van der Waals surface area contributed by atoms with Crippen molar-refractivity contribution in [1.82, 2.24) is 14.8 Å². The van der Waals surface area contributed by atoms with Gasteiger partial charge in [-0.15, -0.1) is 10.2 Å². The molecule has 5 nitrogen and oxygen atoms in total. The Morgan fingerprint density at radius 3 is 2.62 bits per heavy atom. The lowest BCUT2D eigenvalue weighted by atomic mass is 9.98. The van der Waals surface area contributed by atoms with Gasteiger partial charge in [0.25, 0.3) is 0 Å². The second kappa shape index (κ2) is 5.60. The molecule has 0 aliphatic carbocycles. The summed E-state index contributed by atoms with van der Waals surface area (Å²) >= 11 is 0. The summed E-state index contributed by atoms with van der Waals surface area (Å²) in [5, 5.41) is 18.4. The number of aromatic hydroxyl groups is 1. The highest BCUT2D eigenvalue weighted by molar-refractivity contribution is 6.15. The van der Waals surface area contributed by atoms with Crippen LogP contribution >= 0.6 is 0 Å². The molecule has 1 aliphatic heterocycles. The van der Waals surface area contributed by atoms with Crippen LogP contribution in [-0.4, -0.2) is 25.6 Å². The molecule has 2 heterocycles. The van der Waals surface area contributed by atoms with Crippen molar-refractivity contribution in [2.45, 2.75) is 26.8 Å². The molecule has 1 N–H and O–H groups in total. The maximum absolute atomic E-state index is 10.00. The van der Waals surface area contributed by atoms with Crippen LogP contribution in [0.4, 0.5) is 0 Å². The van der Waals surface area contributed by atoms with Gasteiger partial charge in [-0.2, -0.15) is 0 Å². The normalized spacial score (nSPS) is 13.0. The van der Waals surface area contributed by atoms with E-state index >= 15 is 0 Å². The average molecular weight is 318 g/mol. The molecule has 2 aromatic carbocycles. The Kier molecular flexibility index (Phi) is 3.41. The fraction of sp³-hybridized carbons (Fsp3) is 0.211. The van der Waals surface area contributed by atoms with Gasteiger partial charge in [-0.1, -0.05) is 31.2 Å². The molecule has 1 aromatic heterocycles. The SMILES string of the molecule is CCc1ccc(C2=NCc3nnc(C)n3-c3ccc(O)cc32)cc1. The summed E-state index contributed by atoms with van der Waals surface area (Å²) in [6.07, 6.45) is 1.00. The highest BCUT2D eigenvalue weighted by Gasteiger charge is 2.21. The summed E-state index contributed by atoms with van der Waals surface area (Å²) in [5.74, 6) is 1.84. The Morgan fingerprint density at radius 2 is 1.88 bits per heavy atom. The largest absolute Gasteiger partial charge is 0.508 e. The molecule has 0 bridgehead atoms. The van der Waals surface area contributed by atoms with Gasteiger partial charge in [0.05, 0.1) is 11.4 Å². The van der Waals surface area contributed by atoms with Crippen LogP contribution in [0.15, 0.2) is 47.5 Å². The molecule has 0 unspecified atom stereocenters. The fourth-order valence-electron chi connectivity index (χ4n) is 3.11. The van der Waals surface area contributed by atoms with Gasteiger partial charge in [-0.25, -0.2) is 0 Å². The minimum Gasteiger partial charge on any atom is -0.508 e. The van der Waals surface area contributed by atoms with Crippen molar-refractivity contribution in [3.63, 3.8) is 0 Å². The number of fused-ring (bicyclic) bond motifs is 3. The lowest BCUT2D eigenvalue weighted by Gasteiger charge is -2.13. The van der Waals surface area contributed by atoms with Crippen LogP contribution in [0.5, 0.6) is 5.75 Å². The van der Waals surface area contributed by atoms with E-state index in [2.05, 4.69) is 41.4 Å². The van der Waals surface area contributed by atoms with Crippen LogP contribution in [0, 0.1) is 6.92 Å². The quantitative estimate of drug-likeness (QED) is 0.789. The van der Waals surface area contributed by atoms with Gasteiger partial charge in [-0.3, -0.25) is 9.56 Å². The number of aryl methyl sites for hydroxylation is 2. The Labute approximate surface area is 140 Å². The smallest absolute Gasteiger partial charge is 0.159 e. The third-order valence-corrected chi connectivity index (χ3v) is 4.38. The predicted octanol–water partition coefficient (Wildman–Crippen LogP) is 3.19. The molecule has 0 fully saturated rings. The molecule has 0 spiro atoms. The number of phenolic OH excluding ortho intramolecular Hbond substituents is 1. The van der Waals surface area contributed by atoms with Crippen LogP contribution in [0.25, 0.3) is 5.69 Å². The van der Waals surface area contributed by atoms with Gasteiger partial charge in [0.2, 0.25) is 0 Å². The molecule has 3 aromatic rings. The van der Waals surface area contributed by atoms with E-state index in [1.54, 1.807) is 12.1 Å². The topological polar surface area (TPSA) is 63.3 Å². The maximum Gasteiger partial charge on any atom is 0.159 e. The van der Waals surface area contributed by atoms with Crippen LogP contribution in [0.1, 0.15) is 35.3 Å². The number of hydrogen-bond acceptors (Lipinski definition) is 4. The van der Waals surface area contributed by atoms with E-state index in [0.29, 0.717) is 6.54 Å². The average Bonchev–Trinajstić information content (AvgIpc) is 2.88. The second-order valence-electron chi connectivity index (χ2n) is 5.92. The molecule has 0 atom stereocenters. The van der Waals surface area contributed by atoms with Crippen molar-refractivity contribution >= 4 is 5.71 Å². The molecule has 0 saturated heterocycles. The highest BCUT2D eigenvalue weighted by atomic mass is 16.3. The fourth-order valence-corrected chi connectivity index (χ4v) is 3.11. The van der Waals surface area contributed by atoms with Crippen LogP contribution < -0.4 is 0 Å². The lowest BCUT2D eigenvalue weighted by Crippen LogP contribution is -2.08. The number of aromatic nitrogens is 3. The minimum atomic E-state index is 0.223. The van der Waals surface area contributed by atoms with Crippen LogP contribution in [0.3, 0.4) is 0 Å². The zero-order chi connectivity index (χ0) is 16.7. The van der Waals surface area contributed by atoms with Crippen molar-refractivity contribution < 1.29 is 5.11 Å². The Morgan fingerprint density at radius 1 is 1.08 bits per heavy atom. The maximum atomic E-state index is 10.00. The molecular formula is C19H18N4O. The van der Waals surface area contributed by atoms with Gasteiger partial charge < -0.3 is 5.11 Å². The predicted molar refractivity (Wildman–Crippen MR) is 92.9 cm³/mol. The number of hydrogen-bond donors (Lipinski definition) is 1. The number of aliphatic imine (C=N–C) groups is 1. The van der Waals surface area contributed by atoms with E-state index in [1.165, 1.54) is 5.56 Å². The van der Waals surface area contributed by atoms with E-state index in [4.69, 9.17) is 4.99 Å². The second-order valence-corrected chi connectivity index (χ2v) is 5.92. The zero-order valence-corrected chi connectivity index (χ0v) is 13.7. The lowest BCUT2D eigenvalue weighted by molar-refractivity contribution is 0.475. The molecule has 24 heavy (non-hydrogen) atoms. The van der Waals surface area contributed by atoms with E-state index in [9.17, 15) is 5.11 Å². The van der Waals surface area contributed by atoms with Crippen molar-refractivity contribution in [3.05, 3.63) is 70.8 Å². The van der Waals surface area contributed by atoms with Crippen molar-refractivity contribution in [2.75, 3.05) is 0 Å². The molecule has 0 amide bonds. The third-order valence-electron chi connectivity index (χ3n) is 4.38. The van der Waals surface area contributed by atoms with E-state index < -0.39 is 0 Å². The van der Waals surface area contributed by atoms with Crippen molar-refractivity contribution in [2.24, 2.45) is 4.99 Å². The number of benzene rings is 2. The Hall–Kier alpha value is -2.95. The van der Waals surface area contributed by atoms with Gasteiger partial charge in [0, 0.05) is 11.1 Å².